The number of amides is 1. The lowest BCUT2D eigenvalue weighted by atomic mass is 9.94. The largest absolute Gasteiger partial charge is 0.393 e. The second kappa shape index (κ2) is 6.93. The number of rotatable bonds is 3. The highest BCUT2D eigenvalue weighted by Crippen LogP contribution is 2.32. The summed E-state index contributed by atoms with van der Waals surface area (Å²) in [5.74, 6) is -0.0278. The van der Waals surface area contributed by atoms with E-state index in [4.69, 9.17) is 4.74 Å². The first-order valence-corrected chi connectivity index (χ1v) is 8.77. The molecule has 0 spiro atoms. The van der Waals surface area contributed by atoms with Crippen molar-refractivity contribution in [1.82, 2.24) is 19.7 Å². The molecule has 1 saturated heterocycles. The first-order valence-electron chi connectivity index (χ1n) is 8.77. The number of hydrogen-bond acceptors (Lipinski definition) is 5. The van der Waals surface area contributed by atoms with Gasteiger partial charge in [-0.05, 0) is 31.0 Å². The molecule has 3 heterocycles. The highest BCUT2D eigenvalue weighted by molar-refractivity contribution is 5.93. The van der Waals surface area contributed by atoms with E-state index in [0.717, 1.165) is 24.9 Å². The number of hydrogen-bond donors (Lipinski definition) is 1. The van der Waals surface area contributed by atoms with Gasteiger partial charge in [-0.15, -0.1) is 0 Å². The van der Waals surface area contributed by atoms with Gasteiger partial charge in [-0.3, -0.25) is 9.78 Å². The number of ether oxygens (including phenoxy) is 1. The van der Waals surface area contributed by atoms with Crippen LogP contribution in [0.3, 0.4) is 0 Å². The fourth-order valence-corrected chi connectivity index (χ4v) is 3.90. The van der Waals surface area contributed by atoms with Gasteiger partial charge in [-0.2, -0.15) is 5.10 Å². The minimum absolute atomic E-state index is 0.0820. The molecule has 1 aliphatic heterocycles. The summed E-state index contributed by atoms with van der Waals surface area (Å²) in [6, 6.07) is 5.32. The second-order valence-corrected chi connectivity index (χ2v) is 6.65. The summed E-state index contributed by atoms with van der Waals surface area (Å²) in [5, 5.41) is 14.5. The molecule has 3 unspecified atom stereocenters. The summed E-state index contributed by atoms with van der Waals surface area (Å²) in [5.41, 5.74) is 1.20. The van der Waals surface area contributed by atoms with Crippen molar-refractivity contribution in [2.24, 2.45) is 5.92 Å². The number of aromatic nitrogens is 3. The molecule has 0 radical (unpaired) electrons. The standard InChI is InChI=1S/C18H22N4O3/c23-17-4-1-3-14(17)16-12-25-10-9-21(16)18(24)15-11-13(5-7-19-15)22-8-2-6-20-22/h2,5-8,11,14,16-17,23H,1,3-4,9-10,12H2. The van der Waals surface area contributed by atoms with Crippen LogP contribution < -0.4 is 0 Å². The van der Waals surface area contributed by atoms with Crippen molar-refractivity contribution in [3.63, 3.8) is 0 Å². The molecule has 3 atom stereocenters. The molecule has 1 saturated carbocycles. The van der Waals surface area contributed by atoms with Crippen LogP contribution in [0.25, 0.3) is 5.69 Å². The molecule has 7 heteroatoms. The zero-order valence-corrected chi connectivity index (χ0v) is 14.0. The molecule has 7 nitrogen and oxygen atoms in total. The highest BCUT2D eigenvalue weighted by atomic mass is 16.5. The Labute approximate surface area is 146 Å². The van der Waals surface area contributed by atoms with E-state index in [0.29, 0.717) is 25.5 Å². The van der Waals surface area contributed by atoms with Crippen LogP contribution >= 0.6 is 0 Å². The molecule has 1 N–H and O–H groups in total. The summed E-state index contributed by atoms with van der Waals surface area (Å²) >= 11 is 0. The fraction of sp³-hybridized carbons (Fsp3) is 0.500. The molecule has 0 aromatic carbocycles. The third kappa shape index (κ3) is 3.17. The molecular formula is C18H22N4O3. The van der Waals surface area contributed by atoms with Crippen LogP contribution in [-0.2, 0) is 4.74 Å². The number of nitrogens with zero attached hydrogens (tertiary/aromatic N) is 4. The molecule has 2 aromatic rings. The van der Waals surface area contributed by atoms with Gasteiger partial charge < -0.3 is 14.7 Å². The molecule has 25 heavy (non-hydrogen) atoms. The van der Waals surface area contributed by atoms with E-state index in [-0.39, 0.29) is 24.0 Å². The fourth-order valence-electron chi connectivity index (χ4n) is 3.90. The predicted octanol–water partition coefficient (Wildman–Crippen LogP) is 1.27. The Bertz CT molecular complexity index is 734. The number of aliphatic hydroxyl groups excluding tert-OH is 1. The highest BCUT2D eigenvalue weighted by Gasteiger charge is 2.40. The van der Waals surface area contributed by atoms with Gasteiger partial charge in [0.1, 0.15) is 5.69 Å². The van der Waals surface area contributed by atoms with E-state index in [9.17, 15) is 9.90 Å². The van der Waals surface area contributed by atoms with Crippen molar-refractivity contribution in [3.05, 3.63) is 42.5 Å². The Morgan fingerprint density at radius 1 is 1.32 bits per heavy atom. The SMILES string of the molecule is O=C(c1cc(-n2cccn2)ccn1)N1CCOCC1C1CCCC1O. The number of carbonyl (C=O) groups is 1. The van der Waals surface area contributed by atoms with Gasteiger partial charge in [0.2, 0.25) is 0 Å². The van der Waals surface area contributed by atoms with Gasteiger partial charge in [-0.1, -0.05) is 6.42 Å². The maximum atomic E-state index is 13.1. The topological polar surface area (TPSA) is 80.5 Å². The average Bonchev–Trinajstić information content (AvgIpc) is 3.33. The Morgan fingerprint density at radius 2 is 2.24 bits per heavy atom. The van der Waals surface area contributed by atoms with E-state index >= 15 is 0 Å². The first kappa shape index (κ1) is 16.2. The normalized spacial score (nSPS) is 26.8. The molecule has 1 aliphatic carbocycles. The van der Waals surface area contributed by atoms with Gasteiger partial charge in [-0.25, -0.2) is 4.68 Å². The van der Waals surface area contributed by atoms with Crippen molar-refractivity contribution in [3.8, 4) is 5.69 Å². The first-order chi connectivity index (χ1) is 12.2. The lowest BCUT2D eigenvalue weighted by molar-refractivity contribution is -0.0385. The number of pyridine rings is 1. The van der Waals surface area contributed by atoms with Crippen LogP contribution in [-0.4, -0.2) is 62.6 Å². The van der Waals surface area contributed by atoms with Gasteiger partial charge in [0.25, 0.3) is 5.91 Å². The Morgan fingerprint density at radius 3 is 3.00 bits per heavy atom. The second-order valence-electron chi connectivity index (χ2n) is 6.65. The third-order valence-corrected chi connectivity index (χ3v) is 5.18. The minimum Gasteiger partial charge on any atom is -0.393 e. The Balaban J connectivity index is 1.59. The van der Waals surface area contributed by atoms with E-state index in [1.165, 1.54) is 0 Å². The number of aliphatic hydroxyl groups is 1. The smallest absolute Gasteiger partial charge is 0.272 e. The van der Waals surface area contributed by atoms with E-state index in [2.05, 4.69) is 10.1 Å². The molecular weight excluding hydrogens is 320 g/mol. The molecule has 4 rings (SSSR count). The minimum atomic E-state index is -0.356. The molecule has 1 amide bonds. The maximum absolute atomic E-state index is 13.1. The zero-order valence-electron chi connectivity index (χ0n) is 14.0. The van der Waals surface area contributed by atoms with Crippen molar-refractivity contribution >= 4 is 5.91 Å². The molecule has 132 valence electrons. The number of carbonyl (C=O) groups excluding carboxylic acids is 1. The van der Waals surface area contributed by atoms with Crippen molar-refractivity contribution in [2.45, 2.75) is 31.4 Å². The summed E-state index contributed by atoms with van der Waals surface area (Å²) in [6.07, 6.45) is 7.53. The third-order valence-electron chi connectivity index (χ3n) is 5.18. The Hall–Kier alpha value is -2.25. The van der Waals surface area contributed by atoms with Crippen molar-refractivity contribution in [2.75, 3.05) is 19.8 Å². The molecule has 2 aromatic heterocycles. The van der Waals surface area contributed by atoms with Gasteiger partial charge in [0.15, 0.2) is 0 Å². The van der Waals surface area contributed by atoms with Gasteiger partial charge >= 0.3 is 0 Å². The monoisotopic (exact) mass is 342 g/mol. The average molecular weight is 342 g/mol. The van der Waals surface area contributed by atoms with E-state index in [1.54, 1.807) is 23.1 Å². The number of morpholine rings is 1. The van der Waals surface area contributed by atoms with Crippen LogP contribution in [0.1, 0.15) is 29.8 Å². The molecule has 2 fully saturated rings. The van der Waals surface area contributed by atoms with Crippen LogP contribution in [0, 0.1) is 5.92 Å². The summed E-state index contributed by atoms with van der Waals surface area (Å²) in [4.78, 5) is 19.2. The van der Waals surface area contributed by atoms with Crippen molar-refractivity contribution in [1.29, 1.82) is 0 Å². The van der Waals surface area contributed by atoms with Crippen LogP contribution in [0.5, 0.6) is 0 Å². The maximum Gasteiger partial charge on any atom is 0.272 e. The quantitative estimate of drug-likeness (QED) is 0.908. The predicted molar refractivity (Wildman–Crippen MR) is 90.4 cm³/mol. The van der Waals surface area contributed by atoms with E-state index in [1.807, 2.05) is 23.2 Å². The van der Waals surface area contributed by atoms with Gasteiger partial charge in [0.05, 0.1) is 31.0 Å². The zero-order chi connectivity index (χ0) is 17.2. The summed E-state index contributed by atoms with van der Waals surface area (Å²) < 4.78 is 7.31. The molecule has 2 aliphatic rings. The lowest BCUT2D eigenvalue weighted by Gasteiger charge is -2.39. The van der Waals surface area contributed by atoms with Gasteiger partial charge in [0, 0.05) is 31.1 Å². The van der Waals surface area contributed by atoms with Crippen molar-refractivity contribution < 1.29 is 14.6 Å². The lowest BCUT2D eigenvalue weighted by Crippen LogP contribution is -2.53. The summed E-state index contributed by atoms with van der Waals surface area (Å²) in [6.45, 7) is 1.52. The Kier molecular flexibility index (Phi) is 4.50. The molecule has 0 bridgehead atoms. The summed E-state index contributed by atoms with van der Waals surface area (Å²) in [7, 11) is 0. The van der Waals surface area contributed by atoms with Crippen LogP contribution in [0.2, 0.25) is 0 Å². The van der Waals surface area contributed by atoms with Crippen LogP contribution in [0.4, 0.5) is 0 Å². The van der Waals surface area contributed by atoms with Crippen LogP contribution in [0.15, 0.2) is 36.8 Å². The van der Waals surface area contributed by atoms with E-state index < -0.39 is 0 Å².